The second-order valence-electron chi connectivity index (χ2n) is 6.48. The lowest BCUT2D eigenvalue weighted by molar-refractivity contribution is 0.311. The summed E-state index contributed by atoms with van der Waals surface area (Å²) < 4.78 is 0. The Kier molecular flexibility index (Phi) is 7.85. The Morgan fingerprint density at radius 3 is 2.70 bits per heavy atom. The molecule has 0 radical (unpaired) electrons. The van der Waals surface area contributed by atoms with Crippen LogP contribution in [0.3, 0.4) is 0 Å². The first-order valence-electron chi connectivity index (χ1n) is 9.30. The minimum Gasteiger partial charge on any atom is -0.341 e. The van der Waals surface area contributed by atoms with Gasteiger partial charge < -0.3 is 4.90 Å². The first kappa shape index (κ1) is 21.0. The molecular formula is C21H29N5S. The van der Waals surface area contributed by atoms with Gasteiger partial charge in [0.1, 0.15) is 6.67 Å². The standard InChI is InChI=1S/C21H29N5S/c1-6-18(7-2)26(13-23-5)14-25-16(4)20(22)21-15(3)11-19(27-21)17-9-8-10-24-12-17/h8-13,18,22H,6-7,14H2,1-5H3/b22-20?,23-13?,25-16-. The van der Waals surface area contributed by atoms with Crippen molar-refractivity contribution in [2.75, 3.05) is 13.7 Å². The van der Waals surface area contributed by atoms with Gasteiger partial charge in [0, 0.05) is 35.9 Å². The van der Waals surface area contributed by atoms with E-state index in [4.69, 9.17) is 5.41 Å². The van der Waals surface area contributed by atoms with Crippen LogP contribution in [0.15, 0.2) is 40.6 Å². The predicted octanol–water partition coefficient (Wildman–Crippen LogP) is 5.05. The average molecular weight is 384 g/mol. The molecule has 0 aromatic carbocycles. The van der Waals surface area contributed by atoms with Crippen molar-refractivity contribution in [2.45, 2.75) is 46.6 Å². The Hall–Kier alpha value is -2.34. The second-order valence-corrected chi connectivity index (χ2v) is 7.53. The summed E-state index contributed by atoms with van der Waals surface area (Å²) in [6.45, 7) is 8.85. The highest BCUT2D eigenvalue weighted by Gasteiger charge is 2.15. The Balaban J connectivity index is 2.19. The molecule has 0 fully saturated rings. The van der Waals surface area contributed by atoms with E-state index in [2.05, 4.69) is 39.8 Å². The van der Waals surface area contributed by atoms with E-state index in [1.54, 1.807) is 24.6 Å². The van der Waals surface area contributed by atoms with E-state index in [0.29, 0.717) is 18.4 Å². The number of aliphatic imine (C=N–C) groups is 2. The fraction of sp³-hybridized carbons (Fsp3) is 0.429. The normalized spacial score (nSPS) is 12.1. The Bertz CT molecular complexity index is 803. The molecule has 2 heterocycles. The third-order valence-corrected chi connectivity index (χ3v) is 5.90. The molecule has 27 heavy (non-hydrogen) atoms. The Morgan fingerprint density at radius 1 is 1.37 bits per heavy atom. The molecule has 5 nitrogen and oxygen atoms in total. The van der Waals surface area contributed by atoms with Gasteiger partial charge in [-0.2, -0.15) is 0 Å². The number of rotatable bonds is 9. The van der Waals surface area contributed by atoms with Gasteiger partial charge >= 0.3 is 0 Å². The van der Waals surface area contributed by atoms with Crippen LogP contribution >= 0.6 is 11.3 Å². The third kappa shape index (κ3) is 5.32. The molecule has 0 amide bonds. The van der Waals surface area contributed by atoms with E-state index in [1.165, 1.54) is 0 Å². The largest absolute Gasteiger partial charge is 0.341 e. The molecule has 1 N–H and O–H groups in total. The van der Waals surface area contributed by atoms with E-state index in [9.17, 15) is 0 Å². The molecule has 144 valence electrons. The zero-order valence-corrected chi connectivity index (χ0v) is 17.7. The van der Waals surface area contributed by atoms with E-state index in [0.717, 1.165) is 39.4 Å². The highest BCUT2D eigenvalue weighted by Crippen LogP contribution is 2.31. The molecule has 0 saturated carbocycles. The zero-order valence-electron chi connectivity index (χ0n) is 16.9. The second kappa shape index (κ2) is 10.1. The predicted molar refractivity (Wildman–Crippen MR) is 118 cm³/mol. The summed E-state index contributed by atoms with van der Waals surface area (Å²) in [6.07, 6.45) is 7.58. The lowest BCUT2D eigenvalue weighted by Crippen LogP contribution is -2.34. The molecule has 0 atom stereocenters. The van der Waals surface area contributed by atoms with Gasteiger partial charge in [-0.3, -0.25) is 20.4 Å². The van der Waals surface area contributed by atoms with Crippen LogP contribution in [0.2, 0.25) is 0 Å². The van der Waals surface area contributed by atoms with Crippen molar-refractivity contribution in [2.24, 2.45) is 9.98 Å². The molecule has 0 aliphatic rings. The maximum Gasteiger partial charge on any atom is 0.111 e. The summed E-state index contributed by atoms with van der Waals surface area (Å²) in [5, 5.41) is 8.61. The van der Waals surface area contributed by atoms with Gasteiger partial charge in [0.05, 0.1) is 22.6 Å². The molecule has 2 aromatic rings. The third-order valence-electron chi connectivity index (χ3n) is 4.60. The first-order chi connectivity index (χ1) is 13.0. The van der Waals surface area contributed by atoms with Crippen LogP contribution in [0, 0.1) is 12.3 Å². The maximum absolute atomic E-state index is 8.61. The van der Waals surface area contributed by atoms with Crippen LogP contribution in [-0.4, -0.2) is 47.4 Å². The van der Waals surface area contributed by atoms with Gasteiger partial charge in [0.2, 0.25) is 0 Å². The smallest absolute Gasteiger partial charge is 0.111 e. The van der Waals surface area contributed by atoms with Crippen molar-refractivity contribution in [3.63, 3.8) is 0 Å². The molecule has 0 spiro atoms. The SMILES string of the molecule is CCC(CC)N(C=NC)C/N=C(/C)C(=N)c1sc(-c2cccnc2)cc1C. The van der Waals surface area contributed by atoms with Gasteiger partial charge in [-0.1, -0.05) is 19.9 Å². The number of aromatic nitrogens is 1. The summed E-state index contributed by atoms with van der Waals surface area (Å²) in [5.41, 5.74) is 3.42. The lowest BCUT2D eigenvalue weighted by Gasteiger charge is -2.26. The zero-order chi connectivity index (χ0) is 19.8. The van der Waals surface area contributed by atoms with E-state index < -0.39 is 0 Å². The van der Waals surface area contributed by atoms with Gasteiger partial charge in [-0.25, -0.2) is 0 Å². The average Bonchev–Trinajstić information content (AvgIpc) is 3.08. The van der Waals surface area contributed by atoms with Crippen molar-refractivity contribution < 1.29 is 0 Å². The number of pyridine rings is 1. The van der Waals surface area contributed by atoms with Gasteiger partial charge in [0.15, 0.2) is 0 Å². The fourth-order valence-electron chi connectivity index (χ4n) is 2.96. The minimum atomic E-state index is 0.417. The molecule has 0 unspecified atom stereocenters. The minimum absolute atomic E-state index is 0.417. The number of hydrogen-bond donors (Lipinski definition) is 1. The van der Waals surface area contributed by atoms with Crippen LogP contribution in [0.1, 0.15) is 44.1 Å². The first-order valence-corrected chi connectivity index (χ1v) is 10.1. The molecular weight excluding hydrogens is 354 g/mol. The number of aryl methyl sites for hydroxylation is 1. The molecule has 6 heteroatoms. The maximum atomic E-state index is 8.61. The summed E-state index contributed by atoms with van der Waals surface area (Å²) in [6, 6.07) is 6.52. The molecule has 0 aliphatic heterocycles. The van der Waals surface area contributed by atoms with Crippen LogP contribution in [0.5, 0.6) is 0 Å². The molecule has 0 bridgehead atoms. The number of nitrogens with one attached hydrogen (secondary N) is 1. The number of hydrogen-bond acceptors (Lipinski definition) is 5. The summed E-state index contributed by atoms with van der Waals surface area (Å²) in [4.78, 5) is 17.3. The molecule has 2 aromatic heterocycles. The monoisotopic (exact) mass is 383 g/mol. The highest BCUT2D eigenvalue weighted by molar-refractivity contribution is 7.18. The Labute approximate surface area is 166 Å². The quantitative estimate of drug-likeness (QED) is 0.486. The van der Waals surface area contributed by atoms with Crippen LogP contribution in [-0.2, 0) is 0 Å². The van der Waals surface area contributed by atoms with Crippen LogP contribution < -0.4 is 0 Å². The van der Waals surface area contributed by atoms with E-state index >= 15 is 0 Å². The molecule has 2 rings (SSSR count). The summed E-state index contributed by atoms with van der Waals surface area (Å²) in [5.74, 6) is 0. The number of thiophene rings is 1. The van der Waals surface area contributed by atoms with Gasteiger partial charge in [-0.15, -0.1) is 11.3 Å². The van der Waals surface area contributed by atoms with Crippen molar-refractivity contribution >= 4 is 29.1 Å². The van der Waals surface area contributed by atoms with Crippen molar-refractivity contribution in [1.82, 2.24) is 9.88 Å². The fourth-order valence-corrected chi connectivity index (χ4v) is 4.13. The lowest BCUT2D eigenvalue weighted by atomic mass is 10.1. The van der Waals surface area contributed by atoms with Gasteiger partial charge in [-0.05, 0) is 44.4 Å². The topological polar surface area (TPSA) is 64.7 Å². The van der Waals surface area contributed by atoms with Gasteiger partial charge in [0.25, 0.3) is 0 Å². The van der Waals surface area contributed by atoms with E-state index in [1.807, 2.05) is 38.5 Å². The van der Waals surface area contributed by atoms with E-state index in [-0.39, 0.29) is 0 Å². The van der Waals surface area contributed by atoms with Crippen LogP contribution in [0.4, 0.5) is 0 Å². The van der Waals surface area contributed by atoms with Crippen molar-refractivity contribution in [1.29, 1.82) is 5.41 Å². The molecule has 0 aliphatic carbocycles. The summed E-state index contributed by atoms with van der Waals surface area (Å²) >= 11 is 1.62. The van der Waals surface area contributed by atoms with Crippen molar-refractivity contribution in [3.8, 4) is 10.4 Å². The van der Waals surface area contributed by atoms with Crippen LogP contribution in [0.25, 0.3) is 10.4 Å². The van der Waals surface area contributed by atoms with Crippen molar-refractivity contribution in [3.05, 3.63) is 41.0 Å². The highest BCUT2D eigenvalue weighted by atomic mass is 32.1. The summed E-state index contributed by atoms with van der Waals surface area (Å²) in [7, 11) is 1.78. The number of nitrogens with zero attached hydrogens (tertiary/aromatic N) is 4. The Morgan fingerprint density at radius 2 is 2.11 bits per heavy atom. The molecule has 0 saturated heterocycles.